The summed E-state index contributed by atoms with van der Waals surface area (Å²) < 4.78 is 5.68. The van der Waals surface area contributed by atoms with Gasteiger partial charge >= 0.3 is 6.01 Å². The quantitative estimate of drug-likeness (QED) is 0.714. The molecule has 126 valence electrons. The van der Waals surface area contributed by atoms with E-state index in [0.717, 1.165) is 17.3 Å². The summed E-state index contributed by atoms with van der Waals surface area (Å²) in [5, 5.41) is 3.74. The third-order valence-electron chi connectivity index (χ3n) is 3.61. The number of aromatic nitrogens is 2. The number of hydrogen-bond acceptors (Lipinski definition) is 4. The Bertz CT molecular complexity index is 885. The monoisotopic (exact) mass is 351 g/mol. The van der Waals surface area contributed by atoms with E-state index in [-0.39, 0.29) is 11.9 Å². The molecular weight excluding hydrogens is 333 g/mol. The van der Waals surface area contributed by atoms with E-state index in [1.54, 1.807) is 30.6 Å². The molecule has 0 aliphatic rings. The van der Waals surface area contributed by atoms with Gasteiger partial charge < -0.3 is 10.1 Å². The fourth-order valence-corrected chi connectivity index (χ4v) is 2.51. The van der Waals surface area contributed by atoms with Crippen molar-refractivity contribution >= 4 is 26.1 Å². The molecule has 0 saturated heterocycles. The van der Waals surface area contributed by atoms with Crippen LogP contribution in [0.2, 0.25) is 0 Å². The van der Waals surface area contributed by atoms with E-state index in [4.69, 9.17) is 4.74 Å². The van der Waals surface area contributed by atoms with Crippen LogP contribution in [0.4, 0.5) is 5.69 Å². The maximum absolute atomic E-state index is 12.5. The van der Waals surface area contributed by atoms with Gasteiger partial charge in [0.1, 0.15) is 5.75 Å². The second-order valence-corrected chi connectivity index (χ2v) is 6.02. The maximum Gasteiger partial charge on any atom is 0.321 e. The third kappa shape index (κ3) is 4.40. The zero-order valence-electron chi connectivity index (χ0n) is 13.8. The van der Waals surface area contributed by atoms with Crippen molar-refractivity contribution in [2.24, 2.45) is 0 Å². The number of carbonyl (C=O) groups excluding carboxylic acids is 1. The van der Waals surface area contributed by atoms with Crippen molar-refractivity contribution < 1.29 is 9.53 Å². The molecule has 3 aromatic rings. The highest BCUT2D eigenvalue weighted by atomic mass is 31.0. The standard InChI is InChI=1S/C19H18N3O2P/c1-2-13-5-3-6-14(11-13)18(23)22-15-7-8-17(25)16(12-15)24-19-20-9-4-10-21-19/h3-12H,2,25H2,1H3,(H,22,23). The molecule has 1 heterocycles. The maximum atomic E-state index is 12.5. The van der Waals surface area contributed by atoms with Gasteiger partial charge in [0, 0.05) is 35.0 Å². The summed E-state index contributed by atoms with van der Waals surface area (Å²) in [6.07, 6.45) is 4.10. The Morgan fingerprint density at radius 3 is 2.68 bits per heavy atom. The highest BCUT2D eigenvalue weighted by Crippen LogP contribution is 2.22. The number of rotatable bonds is 5. The lowest BCUT2D eigenvalue weighted by atomic mass is 10.1. The number of nitrogens with zero attached hydrogens (tertiary/aromatic N) is 2. The van der Waals surface area contributed by atoms with Crippen LogP contribution in [0.1, 0.15) is 22.8 Å². The SMILES string of the molecule is CCc1cccc(C(=O)Nc2ccc(P)c(Oc3ncccn3)c2)c1. The summed E-state index contributed by atoms with van der Waals surface area (Å²) in [7, 11) is 2.59. The van der Waals surface area contributed by atoms with E-state index >= 15 is 0 Å². The first-order valence-corrected chi connectivity index (χ1v) is 8.48. The summed E-state index contributed by atoms with van der Waals surface area (Å²) in [4.78, 5) is 20.5. The lowest BCUT2D eigenvalue weighted by Crippen LogP contribution is -2.13. The zero-order chi connectivity index (χ0) is 17.6. The number of hydrogen-bond donors (Lipinski definition) is 1. The van der Waals surface area contributed by atoms with E-state index in [9.17, 15) is 4.79 Å². The van der Waals surface area contributed by atoms with Crippen LogP contribution in [0.5, 0.6) is 11.8 Å². The number of carbonyl (C=O) groups is 1. The Kier molecular flexibility index (Phi) is 5.36. The Balaban J connectivity index is 1.78. The van der Waals surface area contributed by atoms with Gasteiger partial charge in [-0.25, -0.2) is 9.97 Å². The molecule has 0 aliphatic carbocycles. The minimum absolute atomic E-state index is 0.159. The predicted molar refractivity (Wildman–Crippen MR) is 102 cm³/mol. The number of nitrogens with one attached hydrogen (secondary N) is 1. The first kappa shape index (κ1) is 17.1. The molecule has 1 N–H and O–H groups in total. The van der Waals surface area contributed by atoms with Crippen LogP contribution in [0.15, 0.2) is 60.9 Å². The molecular formula is C19H18N3O2P. The van der Waals surface area contributed by atoms with Gasteiger partial charge in [0.25, 0.3) is 5.91 Å². The average Bonchev–Trinajstić information content (AvgIpc) is 2.65. The van der Waals surface area contributed by atoms with Gasteiger partial charge in [-0.2, -0.15) is 0 Å². The zero-order valence-corrected chi connectivity index (χ0v) is 14.9. The van der Waals surface area contributed by atoms with Gasteiger partial charge in [0.05, 0.1) is 0 Å². The summed E-state index contributed by atoms with van der Waals surface area (Å²) in [5.74, 6) is 0.407. The first-order chi connectivity index (χ1) is 12.2. The summed E-state index contributed by atoms with van der Waals surface area (Å²) in [6.45, 7) is 2.06. The Morgan fingerprint density at radius 2 is 1.92 bits per heavy atom. The number of aryl methyl sites for hydroxylation is 1. The molecule has 5 nitrogen and oxygen atoms in total. The lowest BCUT2D eigenvalue weighted by Gasteiger charge is -2.10. The van der Waals surface area contributed by atoms with Gasteiger partial charge in [-0.15, -0.1) is 9.24 Å². The molecule has 0 bridgehead atoms. The van der Waals surface area contributed by atoms with Gasteiger partial charge in [0.15, 0.2) is 0 Å². The number of amides is 1. The van der Waals surface area contributed by atoms with E-state index in [1.807, 2.05) is 30.3 Å². The Hall–Kier alpha value is -2.78. The molecule has 1 atom stereocenters. The Labute approximate surface area is 148 Å². The fraction of sp³-hybridized carbons (Fsp3) is 0.105. The molecule has 1 aromatic heterocycles. The number of benzene rings is 2. The highest BCUT2D eigenvalue weighted by Gasteiger charge is 2.09. The van der Waals surface area contributed by atoms with Crippen molar-refractivity contribution in [2.75, 3.05) is 5.32 Å². The van der Waals surface area contributed by atoms with E-state index < -0.39 is 0 Å². The smallest absolute Gasteiger partial charge is 0.321 e. The molecule has 0 radical (unpaired) electrons. The lowest BCUT2D eigenvalue weighted by molar-refractivity contribution is 0.102. The number of anilines is 1. The number of ether oxygens (including phenoxy) is 1. The molecule has 2 aromatic carbocycles. The van der Waals surface area contributed by atoms with Crippen molar-refractivity contribution in [3.05, 3.63) is 72.1 Å². The van der Waals surface area contributed by atoms with Gasteiger partial charge in [-0.3, -0.25) is 4.79 Å². The van der Waals surface area contributed by atoms with E-state index in [0.29, 0.717) is 17.0 Å². The van der Waals surface area contributed by atoms with E-state index in [2.05, 4.69) is 31.4 Å². The molecule has 3 rings (SSSR count). The van der Waals surface area contributed by atoms with Gasteiger partial charge in [0.2, 0.25) is 0 Å². The minimum Gasteiger partial charge on any atom is -0.424 e. The molecule has 25 heavy (non-hydrogen) atoms. The van der Waals surface area contributed by atoms with E-state index in [1.165, 1.54) is 0 Å². The van der Waals surface area contributed by atoms with Crippen LogP contribution in [-0.2, 0) is 6.42 Å². The largest absolute Gasteiger partial charge is 0.424 e. The normalized spacial score (nSPS) is 10.3. The van der Waals surface area contributed by atoms with Crippen molar-refractivity contribution in [3.8, 4) is 11.8 Å². The topological polar surface area (TPSA) is 64.1 Å². The van der Waals surface area contributed by atoms with Crippen LogP contribution < -0.4 is 15.4 Å². The van der Waals surface area contributed by atoms with Crippen LogP contribution >= 0.6 is 9.24 Å². The first-order valence-electron chi connectivity index (χ1n) is 7.90. The van der Waals surface area contributed by atoms with Crippen LogP contribution in [-0.4, -0.2) is 15.9 Å². The molecule has 6 heteroatoms. The second kappa shape index (κ2) is 7.86. The summed E-state index contributed by atoms with van der Waals surface area (Å²) in [6, 6.07) is 15.0. The summed E-state index contributed by atoms with van der Waals surface area (Å²) >= 11 is 0. The molecule has 0 fully saturated rings. The molecule has 0 aliphatic heterocycles. The Morgan fingerprint density at radius 1 is 1.12 bits per heavy atom. The van der Waals surface area contributed by atoms with Crippen molar-refractivity contribution in [2.45, 2.75) is 13.3 Å². The van der Waals surface area contributed by atoms with Gasteiger partial charge in [-0.1, -0.05) is 19.1 Å². The highest BCUT2D eigenvalue weighted by molar-refractivity contribution is 7.27. The van der Waals surface area contributed by atoms with Crippen molar-refractivity contribution in [1.82, 2.24) is 9.97 Å². The molecule has 0 saturated carbocycles. The fourth-order valence-electron chi connectivity index (χ4n) is 2.27. The minimum atomic E-state index is -0.159. The van der Waals surface area contributed by atoms with Crippen LogP contribution in [0, 0.1) is 0 Å². The van der Waals surface area contributed by atoms with Crippen LogP contribution in [0.25, 0.3) is 0 Å². The summed E-state index contributed by atoms with van der Waals surface area (Å²) in [5.41, 5.74) is 2.39. The second-order valence-electron chi connectivity index (χ2n) is 5.39. The van der Waals surface area contributed by atoms with Gasteiger partial charge in [-0.05, 0) is 42.3 Å². The molecule has 0 spiro atoms. The predicted octanol–water partition coefficient (Wildman–Crippen LogP) is 3.58. The average molecular weight is 351 g/mol. The third-order valence-corrected chi connectivity index (χ3v) is 4.09. The van der Waals surface area contributed by atoms with Crippen LogP contribution in [0.3, 0.4) is 0 Å². The molecule has 1 unspecified atom stereocenters. The van der Waals surface area contributed by atoms with Crippen molar-refractivity contribution in [3.63, 3.8) is 0 Å². The van der Waals surface area contributed by atoms with Crippen molar-refractivity contribution in [1.29, 1.82) is 0 Å². The molecule has 1 amide bonds.